The lowest BCUT2D eigenvalue weighted by Crippen LogP contribution is -2.47. The molecule has 19 heavy (non-hydrogen) atoms. The second-order valence-corrected chi connectivity index (χ2v) is 8.06. The minimum Gasteiger partial charge on any atom is -0.198 e. The monoisotopic (exact) mass is 271 g/mol. The van der Waals surface area contributed by atoms with Crippen molar-refractivity contribution in [2.24, 2.45) is 35.5 Å². The zero-order valence-electron chi connectivity index (χ0n) is 11.3. The standard InChI is InChI=1S/C17H21NS/c18-10-15(9-16-2-1-3-19-16)17-13-5-11-4-12(7-13)8-14(17)6-11/h1-3,11-15,17H,4-9H2. The molecular weight excluding hydrogens is 250 g/mol. The Hall–Kier alpha value is -0.810. The summed E-state index contributed by atoms with van der Waals surface area (Å²) < 4.78 is 0. The van der Waals surface area contributed by atoms with Gasteiger partial charge in [0.1, 0.15) is 0 Å². The molecule has 4 saturated carbocycles. The quantitative estimate of drug-likeness (QED) is 0.794. The third-order valence-electron chi connectivity index (χ3n) is 5.93. The van der Waals surface area contributed by atoms with Gasteiger partial charge in [-0.15, -0.1) is 11.3 Å². The molecule has 0 radical (unpaired) electrons. The van der Waals surface area contributed by atoms with Crippen molar-refractivity contribution in [3.05, 3.63) is 22.4 Å². The molecule has 4 bridgehead atoms. The van der Waals surface area contributed by atoms with Gasteiger partial charge in [0.2, 0.25) is 0 Å². The zero-order valence-corrected chi connectivity index (χ0v) is 12.1. The second kappa shape index (κ2) is 4.63. The summed E-state index contributed by atoms with van der Waals surface area (Å²) in [5.74, 6) is 4.76. The Morgan fingerprint density at radius 2 is 1.84 bits per heavy atom. The Labute approximate surface area is 119 Å². The van der Waals surface area contributed by atoms with Crippen molar-refractivity contribution >= 4 is 11.3 Å². The highest BCUT2D eigenvalue weighted by Crippen LogP contribution is 2.58. The molecule has 1 aromatic heterocycles. The van der Waals surface area contributed by atoms with Gasteiger partial charge in [-0.05, 0) is 79.6 Å². The van der Waals surface area contributed by atoms with Crippen LogP contribution in [0.4, 0.5) is 0 Å². The molecule has 0 saturated heterocycles. The fourth-order valence-corrected chi connectivity index (χ4v) is 6.30. The molecule has 1 heterocycles. The van der Waals surface area contributed by atoms with Crippen molar-refractivity contribution < 1.29 is 0 Å². The Morgan fingerprint density at radius 1 is 1.16 bits per heavy atom. The summed E-state index contributed by atoms with van der Waals surface area (Å²) in [7, 11) is 0. The average molecular weight is 271 g/mol. The number of nitriles is 1. The lowest BCUT2D eigenvalue weighted by Gasteiger charge is -2.55. The fraction of sp³-hybridized carbons (Fsp3) is 0.706. The van der Waals surface area contributed by atoms with Gasteiger partial charge < -0.3 is 0 Å². The Morgan fingerprint density at radius 3 is 2.37 bits per heavy atom. The van der Waals surface area contributed by atoms with E-state index in [0.717, 1.165) is 30.1 Å². The molecule has 1 atom stereocenters. The molecule has 0 amide bonds. The van der Waals surface area contributed by atoms with Crippen LogP contribution in [-0.4, -0.2) is 0 Å². The van der Waals surface area contributed by atoms with Gasteiger partial charge in [0.25, 0.3) is 0 Å². The maximum absolute atomic E-state index is 9.66. The largest absolute Gasteiger partial charge is 0.198 e. The SMILES string of the molecule is N#CC(Cc1cccs1)C1C2CC3CC(C2)CC1C3. The van der Waals surface area contributed by atoms with Crippen LogP contribution in [0, 0.1) is 46.8 Å². The van der Waals surface area contributed by atoms with Crippen LogP contribution in [0.5, 0.6) is 0 Å². The summed E-state index contributed by atoms with van der Waals surface area (Å²) in [5, 5.41) is 11.8. The molecule has 5 rings (SSSR count). The summed E-state index contributed by atoms with van der Waals surface area (Å²) in [6.45, 7) is 0. The van der Waals surface area contributed by atoms with Crippen molar-refractivity contribution in [3.63, 3.8) is 0 Å². The average Bonchev–Trinajstić information content (AvgIpc) is 2.89. The first-order valence-electron chi connectivity index (χ1n) is 7.75. The summed E-state index contributed by atoms with van der Waals surface area (Å²) in [6, 6.07) is 6.99. The predicted octanol–water partition coefficient (Wildman–Crippen LogP) is 4.50. The minimum atomic E-state index is 0.272. The highest BCUT2D eigenvalue weighted by molar-refractivity contribution is 7.09. The Balaban J connectivity index is 1.55. The van der Waals surface area contributed by atoms with Crippen LogP contribution in [0.3, 0.4) is 0 Å². The zero-order chi connectivity index (χ0) is 12.8. The summed E-state index contributed by atoms with van der Waals surface area (Å²) in [5.41, 5.74) is 0. The molecule has 1 unspecified atom stereocenters. The highest BCUT2D eigenvalue weighted by Gasteiger charge is 2.50. The lowest BCUT2D eigenvalue weighted by atomic mass is 9.49. The van der Waals surface area contributed by atoms with Crippen LogP contribution >= 0.6 is 11.3 Å². The van der Waals surface area contributed by atoms with E-state index in [1.54, 1.807) is 0 Å². The fourth-order valence-electron chi connectivity index (χ4n) is 5.54. The topological polar surface area (TPSA) is 23.8 Å². The minimum absolute atomic E-state index is 0.272. The summed E-state index contributed by atoms with van der Waals surface area (Å²) in [6.07, 6.45) is 8.23. The summed E-state index contributed by atoms with van der Waals surface area (Å²) in [4.78, 5) is 1.40. The van der Waals surface area contributed by atoms with E-state index in [2.05, 4.69) is 23.6 Å². The molecule has 4 aliphatic rings. The number of hydrogen-bond acceptors (Lipinski definition) is 2. The van der Waals surface area contributed by atoms with Crippen LogP contribution in [0.25, 0.3) is 0 Å². The van der Waals surface area contributed by atoms with E-state index in [1.165, 1.54) is 37.0 Å². The molecule has 4 aliphatic carbocycles. The summed E-state index contributed by atoms with van der Waals surface area (Å²) >= 11 is 1.82. The van der Waals surface area contributed by atoms with Crippen LogP contribution < -0.4 is 0 Å². The molecule has 1 aromatic rings. The van der Waals surface area contributed by atoms with Gasteiger partial charge in [-0.2, -0.15) is 5.26 Å². The van der Waals surface area contributed by atoms with Crippen LogP contribution in [-0.2, 0) is 6.42 Å². The molecule has 0 N–H and O–H groups in total. The van der Waals surface area contributed by atoms with Gasteiger partial charge in [-0.25, -0.2) is 0 Å². The van der Waals surface area contributed by atoms with E-state index in [9.17, 15) is 5.26 Å². The van der Waals surface area contributed by atoms with E-state index in [4.69, 9.17) is 0 Å². The molecule has 2 heteroatoms. The van der Waals surface area contributed by atoms with Gasteiger partial charge in [-0.1, -0.05) is 6.07 Å². The van der Waals surface area contributed by atoms with Crippen molar-refractivity contribution in [2.45, 2.75) is 38.5 Å². The molecule has 100 valence electrons. The van der Waals surface area contributed by atoms with Crippen molar-refractivity contribution in [3.8, 4) is 6.07 Å². The molecule has 4 fully saturated rings. The third kappa shape index (κ3) is 2.03. The number of rotatable bonds is 3. The molecule has 0 aliphatic heterocycles. The van der Waals surface area contributed by atoms with E-state index >= 15 is 0 Å². The van der Waals surface area contributed by atoms with Crippen LogP contribution in [0.15, 0.2) is 17.5 Å². The van der Waals surface area contributed by atoms with E-state index in [-0.39, 0.29) is 5.92 Å². The first kappa shape index (κ1) is 12.0. The first-order valence-corrected chi connectivity index (χ1v) is 8.63. The first-order chi connectivity index (χ1) is 9.33. The van der Waals surface area contributed by atoms with Gasteiger partial charge in [0.05, 0.1) is 12.0 Å². The molecule has 0 aromatic carbocycles. The second-order valence-electron chi connectivity index (χ2n) is 7.03. The Kier molecular flexibility index (Phi) is 2.92. The van der Waals surface area contributed by atoms with Crippen molar-refractivity contribution in [2.75, 3.05) is 0 Å². The molecule has 0 spiro atoms. The van der Waals surface area contributed by atoms with E-state index in [1.807, 2.05) is 11.3 Å². The van der Waals surface area contributed by atoms with Gasteiger partial charge in [0, 0.05) is 4.88 Å². The molecule has 1 nitrogen and oxygen atoms in total. The van der Waals surface area contributed by atoms with Gasteiger partial charge in [0.15, 0.2) is 0 Å². The predicted molar refractivity (Wildman–Crippen MR) is 77.7 cm³/mol. The lowest BCUT2D eigenvalue weighted by molar-refractivity contribution is -0.0520. The maximum atomic E-state index is 9.66. The third-order valence-corrected chi connectivity index (χ3v) is 6.83. The van der Waals surface area contributed by atoms with E-state index in [0.29, 0.717) is 5.92 Å². The molecular formula is C17H21NS. The smallest absolute Gasteiger partial charge is 0.0662 e. The van der Waals surface area contributed by atoms with Gasteiger partial charge >= 0.3 is 0 Å². The number of nitrogens with zero attached hydrogens (tertiary/aromatic N) is 1. The van der Waals surface area contributed by atoms with E-state index < -0.39 is 0 Å². The van der Waals surface area contributed by atoms with Crippen molar-refractivity contribution in [1.82, 2.24) is 0 Å². The Bertz CT molecular complexity index is 456. The normalized spacial score (nSPS) is 41.1. The number of hydrogen-bond donors (Lipinski definition) is 0. The van der Waals surface area contributed by atoms with Crippen LogP contribution in [0.1, 0.15) is 37.0 Å². The highest BCUT2D eigenvalue weighted by atomic mass is 32.1. The van der Waals surface area contributed by atoms with Crippen molar-refractivity contribution in [1.29, 1.82) is 5.26 Å². The number of thiophene rings is 1. The van der Waals surface area contributed by atoms with Gasteiger partial charge in [-0.3, -0.25) is 0 Å². The maximum Gasteiger partial charge on any atom is 0.0662 e. The van der Waals surface area contributed by atoms with Crippen LogP contribution in [0.2, 0.25) is 0 Å².